The predicted octanol–water partition coefficient (Wildman–Crippen LogP) is 2.49. The number of anilines is 3. The fraction of sp³-hybridized carbons (Fsp3) is 0.231. The molecule has 2 aromatic rings. The Morgan fingerprint density at radius 2 is 2.00 bits per heavy atom. The minimum Gasteiger partial charge on any atom is -0.497 e. The summed E-state index contributed by atoms with van der Waals surface area (Å²) in [5, 5.41) is 16.8. The average Bonchev–Trinajstić information content (AvgIpc) is 2.48. The van der Waals surface area contributed by atoms with Crippen molar-refractivity contribution in [3.05, 3.63) is 40.2 Å². The molecule has 0 spiro atoms. The molecule has 2 rings (SSSR count). The summed E-state index contributed by atoms with van der Waals surface area (Å²) in [6, 6.07) is 5.37. The first-order valence-corrected chi connectivity index (χ1v) is 6.15. The maximum absolute atomic E-state index is 11.2. The highest BCUT2D eigenvalue weighted by molar-refractivity contribution is 5.74. The molecule has 110 valence electrons. The van der Waals surface area contributed by atoms with Crippen molar-refractivity contribution in [1.82, 2.24) is 9.97 Å². The van der Waals surface area contributed by atoms with Gasteiger partial charge >= 0.3 is 5.69 Å². The van der Waals surface area contributed by atoms with E-state index in [-0.39, 0.29) is 17.3 Å². The van der Waals surface area contributed by atoms with Crippen LogP contribution in [0.5, 0.6) is 5.75 Å². The third kappa shape index (κ3) is 2.99. The van der Waals surface area contributed by atoms with Gasteiger partial charge in [0.25, 0.3) is 0 Å². The number of hydrogen-bond acceptors (Lipinski definition) is 7. The number of hydrogen-bond donors (Lipinski definition) is 2. The molecular weight excluding hydrogens is 274 g/mol. The molecule has 0 amide bonds. The number of methoxy groups -OCH3 is 1. The molecule has 0 aliphatic carbocycles. The number of nitrogens with zero attached hydrogens (tertiary/aromatic N) is 3. The lowest BCUT2D eigenvalue weighted by Crippen LogP contribution is -2.05. The van der Waals surface area contributed by atoms with E-state index >= 15 is 0 Å². The first-order chi connectivity index (χ1) is 10.1. The summed E-state index contributed by atoms with van der Waals surface area (Å²) in [5.74, 6) is 1.00. The standard InChI is InChI=1S/C13H15N5O3/c1-8-6-9(21-3)4-5-10(8)17-13-11(18(19)20)12(14-2)15-7-16-13/h4-7H,1-3H3,(H2,14,15,16,17). The largest absolute Gasteiger partial charge is 0.497 e. The van der Waals surface area contributed by atoms with Gasteiger partial charge < -0.3 is 15.4 Å². The second-order valence-corrected chi connectivity index (χ2v) is 4.23. The van der Waals surface area contributed by atoms with Crippen LogP contribution < -0.4 is 15.4 Å². The lowest BCUT2D eigenvalue weighted by molar-refractivity contribution is -0.383. The van der Waals surface area contributed by atoms with E-state index in [9.17, 15) is 10.1 Å². The van der Waals surface area contributed by atoms with Crippen molar-refractivity contribution in [2.75, 3.05) is 24.8 Å². The minimum absolute atomic E-state index is 0.132. The van der Waals surface area contributed by atoms with Crippen LogP contribution in [0.1, 0.15) is 5.56 Å². The van der Waals surface area contributed by atoms with E-state index in [0.29, 0.717) is 11.4 Å². The number of benzene rings is 1. The van der Waals surface area contributed by atoms with Crippen LogP contribution in [0.4, 0.5) is 23.0 Å². The second kappa shape index (κ2) is 6.04. The van der Waals surface area contributed by atoms with Crippen LogP contribution >= 0.6 is 0 Å². The number of aryl methyl sites for hydroxylation is 1. The van der Waals surface area contributed by atoms with E-state index in [0.717, 1.165) is 5.56 Å². The number of aromatic nitrogens is 2. The first kappa shape index (κ1) is 14.5. The van der Waals surface area contributed by atoms with E-state index in [1.165, 1.54) is 6.33 Å². The first-order valence-electron chi connectivity index (χ1n) is 6.15. The number of rotatable bonds is 5. The van der Waals surface area contributed by atoms with E-state index in [1.807, 2.05) is 13.0 Å². The van der Waals surface area contributed by atoms with Crippen LogP contribution in [0.3, 0.4) is 0 Å². The fourth-order valence-corrected chi connectivity index (χ4v) is 1.86. The third-order valence-electron chi connectivity index (χ3n) is 2.93. The Bertz CT molecular complexity index is 675. The Hall–Kier alpha value is -2.90. The lowest BCUT2D eigenvalue weighted by atomic mass is 10.2. The van der Waals surface area contributed by atoms with Gasteiger partial charge in [-0.2, -0.15) is 0 Å². The summed E-state index contributed by atoms with van der Waals surface area (Å²) in [6.07, 6.45) is 1.26. The summed E-state index contributed by atoms with van der Waals surface area (Å²) in [7, 11) is 3.15. The topological polar surface area (TPSA) is 102 Å². The van der Waals surface area contributed by atoms with E-state index in [1.54, 1.807) is 26.3 Å². The SMILES string of the molecule is CNc1ncnc(Nc2ccc(OC)cc2C)c1[N+](=O)[O-]. The van der Waals surface area contributed by atoms with Crippen molar-refractivity contribution >= 4 is 23.0 Å². The molecule has 8 heteroatoms. The van der Waals surface area contributed by atoms with Crippen molar-refractivity contribution < 1.29 is 9.66 Å². The number of ether oxygens (including phenoxy) is 1. The highest BCUT2D eigenvalue weighted by atomic mass is 16.6. The van der Waals surface area contributed by atoms with Crippen LogP contribution in [-0.2, 0) is 0 Å². The summed E-state index contributed by atoms with van der Waals surface area (Å²) in [4.78, 5) is 18.5. The summed E-state index contributed by atoms with van der Waals surface area (Å²) in [6.45, 7) is 1.87. The maximum Gasteiger partial charge on any atom is 0.353 e. The Kier molecular flexibility index (Phi) is 4.17. The quantitative estimate of drug-likeness (QED) is 0.643. The number of nitrogens with one attached hydrogen (secondary N) is 2. The van der Waals surface area contributed by atoms with Gasteiger partial charge in [0.2, 0.25) is 11.6 Å². The van der Waals surface area contributed by atoms with Gasteiger partial charge in [0.15, 0.2) is 0 Å². The van der Waals surface area contributed by atoms with Gasteiger partial charge in [0.05, 0.1) is 12.0 Å². The van der Waals surface area contributed by atoms with Gasteiger partial charge in [0.1, 0.15) is 12.1 Å². The molecule has 1 aromatic carbocycles. The molecule has 0 aliphatic rings. The molecule has 21 heavy (non-hydrogen) atoms. The Morgan fingerprint density at radius 1 is 1.29 bits per heavy atom. The van der Waals surface area contributed by atoms with E-state index < -0.39 is 4.92 Å². The van der Waals surface area contributed by atoms with Gasteiger partial charge in [-0.15, -0.1) is 0 Å². The molecule has 0 radical (unpaired) electrons. The van der Waals surface area contributed by atoms with Gasteiger partial charge in [0, 0.05) is 12.7 Å². The Labute approximate surface area is 121 Å². The molecule has 0 aliphatic heterocycles. The molecule has 8 nitrogen and oxygen atoms in total. The number of nitro groups is 1. The highest BCUT2D eigenvalue weighted by Crippen LogP contribution is 2.32. The van der Waals surface area contributed by atoms with Crippen molar-refractivity contribution in [2.45, 2.75) is 6.92 Å². The Morgan fingerprint density at radius 3 is 2.57 bits per heavy atom. The molecule has 0 fully saturated rings. The molecule has 0 bridgehead atoms. The van der Waals surface area contributed by atoms with Gasteiger partial charge in [-0.1, -0.05) is 0 Å². The average molecular weight is 289 g/mol. The summed E-state index contributed by atoms with van der Waals surface area (Å²) >= 11 is 0. The molecule has 0 saturated carbocycles. The van der Waals surface area contributed by atoms with Crippen LogP contribution in [0.15, 0.2) is 24.5 Å². The van der Waals surface area contributed by atoms with Crippen LogP contribution in [0.2, 0.25) is 0 Å². The van der Waals surface area contributed by atoms with Crippen molar-refractivity contribution in [1.29, 1.82) is 0 Å². The summed E-state index contributed by atoms with van der Waals surface area (Å²) < 4.78 is 5.13. The third-order valence-corrected chi connectivity index (χ3v) is 2.93. The van der Waals surface area contributed by atoms with E-state index in [2.05, 4.69) is 20.6 Å². The van der Waals surface area contributed by atoms with Crippen LogP contribution in [0, 0.1) is 17.0 Å². The van der Waals surface area contributed by atoms with Gasteiger partial charge in [-0.05, 0) is 30.7 Å². The van der Waals surface area contributed by atoms with Gasteiger partial charge in [-0.25, -0.2) is 9.97 Å². The lowest BCUT2D eigenvalue weighted by Gasteiger charge is -2.11. The highest BCUT2D eigenvalue weighted by Gasteiger charge is 2.22. The van der Waals surface area contributed by atoms with Crippen molar-refractivity contribution in [2.24, 2.45) is 0 Å². The minimum atomic E-state index is -0.521. The fourth-order valence-electron chi connectivity index (χ4n) is 1.86. The molecular formula is C13H15N5O3. The zero-order chi connectivity index (χ0) is 15.4. The monoisotopic (exact) mass is 289 g/mol. The van der Waals surface area contributed by atoms with Crippen LogP contribution in [-0.4, -0.2) is 29.0 Å². The normalized spacial score (nSPS) is 10.0. The van der Waals surface area contributed by atoms with Crippen LogP contribution in [0.25, 0.3) is 0 Å². The molecule has 0 unspecified atom stereocenters. The zero-order valence-electron chi connectivity index (χ0n) is 11.9. The summed E-state index contributed by atoms with van der Waals surface area (Å²) in [5.41, 5.74) is 1.39. The maximum atomic E-state index is 11.2. The van der Waals surface area contributed by atoms with E-state index in [4.69, 9.17) is 4.74 Å². The molecule has 0 atom stereocenters. The van der Waals surface area contributed by atoms with Gasteiger partial charge in [-0.3, -0.25) is 10.1 Å². The molecule has 1 aromatic heterocycles. The smallest absolute Gasteiger partial charge is 0.353 e. The second-order valence-electron chi connectivity index (χ2n) is 4.23. The zero-order valence-corrected chi connectivity index (χ0v) is 11.9. The predicted molar refractivity (Wildman–Crippen MR) is 79.2 cm³/mol. The molecule has 2 N–H and O–H groups in total. The van der Waals surface area contributed by atoms with Crippen molar-refractivity contribution in [3.8, 4) is 5.75 Å². The molecule has 0 saturated heterocycles. The molecule has 1 heterocycles. The van der Waals surface area contributed by atoms with Crippen molar-refractivity contribution in [3.63, 3.8) is 0 Å². The Balaban J connectivity index is 2.42.